The summed E-state index contributed by atoms with van der Waals surface area (Å²) in [5.74, 6) is 0. The first kappa shape index (κ1) is 19.9. The van der Waals surface area contributed by atoms with Gasteiger partial charge in [0.25, 0.3) is 0 Å². The summed E-state index contributed by atoms with van der Waals surface area (Å²) >= 11 is 11.8. The lowest BCUT2D eigenvalue weighted by molar-refractivity contribution is 0.223. The van der Waals surface area contributed by atoms with Crippen LogP contribution in [0.4, 0.5) is 0 Å². The van der Waals surface area contributed by atoms with Crippen molar-refractivity contribution in [2.24, 2.45) is 0 Å². The number of hydrogen-bond donors (Lipinski definition) is 2. The molecule has 1 aliphatic rings. The minimum Gasteiger partial charge on any atom is -0.395 e. The van der Waals surface area contributed by atoms with Gasteiger partial charge in [-0.3, -0.25) is 4.98 Å². The van der Waals surface area contributed by atoms with Crippen LogP contribution in [0.1, 0.15) is 34.7 Å². The Labute approximate surface area is 180 Å². The number of pyridine rings is 1. The number of thiocarbonyl (C=S) groups is 1. The number of aliphatic hydroxyl groups is 1. The van der Waals surface area contributed by atoms with Crippen molar-refractivity contribution in [3.05, 3.63) is 82.4 Å². The van der Waals surface area contributed by atoms with E-state index in [0.29, 0.717) is 16.7 Å². The van der Waals surface area contributed by atoms with Crippen molar-refractivity contribution >= 4 is 28.9 Å². The van der Waals surface area contributed by atoms with E-state index in [1.807, 2.05) is 36.4 Å². The molecule has 1 fully saturated rings. The van der Waals surface area contributed by atoms with Gasteiger partial charge in [0.1, 0.15) is 0 Å². The maximum absolute atomic E-state index is 9.64. The number of β-amino-alcohol motifs (C(OH)–C–C–N with tert-alkyl or cyclic N) is 1. The molecular weight excluding hydrogens is 404 g/mol. The Hall–Kier alpha value is -2.41. The molecule has 1 saturated heterocycles. The molecule has 3 aromatic rings. The van der Waals surface area contributed by atoms with Gasteiger partial charge in [-0.05, 0) is 68.0 Å². The molecule has 0 bridgehead atoms. The van der Waals surface area contributed by atoms with Gasteiger partial charge < -0.3 is 19.9 Å². The van der Waals surface area contributed by atoms with Crippen LogP contribution in [0.15, 0.2) is 54.7 Å². The van der Waals surface area contributed by atoms with E-state index < -0.39 is 0 Å². The van der Waals surface area contributed by atoms with Gasteiger partial charge in [-0.2, -0.15) is 0 Å². The van der Waals surface area contributed by atoms with Gasteiger partial charge >= 0.3 is 0 Å². The van der Waals surface area contributed by atoms with E-state index >= 15 is 0 Å². The molecule has 1 aliphatic heterocycles. The smallest absolute Gasteiger partial charge is 0.170 e. The topological polar surface area (TPSA) is 53.3 Å². The first-order valence-electron chi connectivity index (χ1n) is 9.55. The zero-order valence-corrected chi connectivity index (χ0v) is 17.9. The van der Waals surface area contributed by atoms with Crippen molar-refractivity contribution in [2.75, 3.05) is 13.2 Å². The van der Waals surface area contributed by atoms with Crippen LogP contribution in [0.2, 0.25) is 5.02 Å². The lowest BCUT2D eigenvalue weighted by Crippen LogP contribution is -2.32. The predicted molar refractivity (Wildman–Crippen MR) is 119 cm³/mol. The van der Waals surface area contributed by atoms with E-state index in [2.05, 4.69) is 45.7 Å². The van der Waals surface area contributed by atoms with E-state index in [1.165, 1.54) is 0 Å². The summed E-state index contributed by atoms with van der Waals surface area (Å²) in [7, 11) is 0. The third-order valence-corrected chi connectivity index (χ3v) is 5.98. The van der Waals surface area contributed by atoms with Crippen LogP contribution >= 0.6 is 23.8 Å². The minimum absolute atomic E-state index is 0.0281. The van der Waals surface area contributed by atoms with Crippen LogP contribution < -0.4 is 5.32 Å². The van der Waals surface area contributed by atoms with Gasteiger partial charge in [-0.1, -0.05) is 23.7 Å². The van der Waals surface area contributed by atoms with E-state index in [-0.39, 0.29) is 18.7 Å². The summed E-state index contributed by atoms with van der Waals surface area (Å²) in [6.45, 7) is 4.68. The number of aliphatic hydroxyl groups excluding tert-OH is 1. The second-order valence-corrected chi connectivity index (χ2v) is 8.01. The third-order valence-electron chi connectivity index (χ3n) is 5.39. The van der Waals surface area contributed by atoms with Gasteiger partial charge in [-0.15, -0.1) is 0 Å². The van der Waals surface area contributed by atoms with Crippen LogP contribution in [-0.4, -0.2) is 37.8 Å². The lowest BCUT2D eigenvalue weighted by atomic mass is 9.97. The zero-order chi connectivity index (χ0) is 20.5. The fourth-order valence-corrected chi connectivity index (χ4v) is 4.71. The largest absolute Gasteiger partial charge is 0.395 e. The number of nitrogens with one attached hydrogen (secondary N) is 1. The van der Waals surface area contributed by atoms with Crippen molar-refractivity contribution in [3.8, 4) is 5.69 Å². The first-order valence-corrected chi connectivity index (χ1v) is 10.3. The van der Waals surface area contributed by atoms with Crippen molar-refractivity contribution in [3.63, 3.8) is 0 Å². The summed E-state index contributed by atoms with van der Waals surface area (Å²) in [5.41, 5.74) is 5.33. The number of rotatable bonds is 5. The highest BCUT2D eigenvalue weighted by atomic mass is 35.5. The molecule has 0 amide bonds. The standard InChI is InChI=1S/C22H23ClN4OS/c1-14-12-18(15(2)27(14)17-7-5-6-16(23)13-17)21-20(19-8-3-4-9-24-19)25-22(29)26(21)10-11-28/h3-9,12-13,20-21,28H,10-11H2,1-2H3,(H,25,29)/t20-,21-/m0/s1. The zero-order valence-electron chi connectivity index (χ0n) is 16.3. The Balaban J connectivity index is 1.84. The molecule has 2 atom stereocenters. The Morgan fingerprint density at radius 2 is 2.00 bits per heavy atom. The van der Waals surface area contributed by atoms with Crippen LogP contribution in [0.25, 0.3) is 5.69 Å². The molecule has 4 rings (SSSR count). The number of aryl methyl sites for hydroxylation is 1. The molecule has 3 heterocycles. The fourth-order valence-electron chi connectivity index (χ4n) is 4.19. The van der Waals surface area contributed by atoms with Crippen molar-refractivity contribution in [1.29, 1.82) is 0 Å². The van der Waals surface area contributed by atoms with Gasteiger partial charge in [0.05, 0.1) is 24.4 Å². The maximum atomic E-state index is 9.64. The average molecular weight is 427 g/mol. The number of benzene rings is 1. The second kappa shape index (κ2) is 8.14. The molecule has 0 unspecified atom stereocenters. The number of halogens is 1. The van der Waals surface area contributed by atoms with Crippen molar-refractivity contribution in [2.45, 2.75) is 25.9 Å². The third kappa shape index (κ3) is 3.64. The Morgan fingerprint density at radius 1 is 1.17 bits per heavy atom. The van der Waals surface area contributed by atoms with E-state index in [0.717, 1.165) is 28.3 Å². The molecule has 0 spiro atoms. The molecule has 2 N–H and O–H groups in total. The highest BCUT2D eigenvalue weighted by molar-refractivity contribution is 7.80. The average Bonchev–Trinajstić information content (AvgIpc) is 3.18. The first-order chi connectivity index (χ1) is 14.0. The quantitative estimate of drug-likeness (QED) is 0.601. The summed E-state index contributed by atoms with van der Waals surface area (Å²) in [5, 5.41) is 14.4. The molecule has 150 valence electrons. The molecule has 29 heavy (non-hydrogen) atoms. The molecule has 2 aromatic heterocycles. The van der Waals surface area contributed by atoms with Crippen molar-refractivity contribution < 1.29 is 5.11 Å². The monoisotopic (exact) mass is 426 g/mol. The number of nitrogens with zero attached hydrogens (tertiary/aromatic N) is 3. The molecule has 1 aromatic carbocycles. The van der Waals surface area contributed by atoms with Crippen LogP contribution in [0.3, 0.4) is 0 Å². The normalized spacial score (nSPS) is 18.9. The minimum atomic E-state index is -0.0939. The molecule has 0 aliphatic carbocycles. The highest BCUT2D eigenvalue weighted by Crippen LogP contribution is 2.41. The molecule has 0 saturated carbocycles. The molecular formula is C22H23ClN4OS. The SMILES string of the molecule is Cc1cc([C@H]2[C@H](c3ccccn3)NC(=S)N2CCO)c(C)n1-c1cccc(Cl)c1. The fraction of sp³-hybridized carbons (Fsp3) is 0.273. The van der Waals surface area contributed by atoms with Crippen LogP contribution in [0.5, 0.6) is 0 Å². The molecule has 7 heteroatoms. The second-order valence-electron chi connectivity index (χ2n) is 7.19. The van der Waals surface area contributed by atoms with Crippen molar-refractivity contribution in [1.82, 2.24) is 19.8 Å². The summed E-state index contributed by atoms with van der Waals surface area (Å²) < 4.78 is 2.20. The summed E-state index contributed by atoms with van der Waals surface area (Å²) in [6.07, 6.45) is 1.79. The Morgan fingerprint density at radius 3 is 2.69 bits per heavy atom. The Bertz CT molecular complexity index is 1040. The molecule has 0 radical (unpaired) electrons. The maximum Gasteiger partial charge on any atom is 0.170 e. The van der Waals surface area contributed by atoms with E-state index in [1.54, 1.807) is 6.20 Å². The predicted octanol–water partition coefficient (Wildman–Crippen LogP) is 4.11. The highest BCUT2D eigenvalue weighted by Gasteiger charge is 2.41. The van der Waals surface area contributed by atoms with Crippen LogP contribution in [-0.2, 0) is 0 Å². The summed E-state index contributed by atoms with van der Waals surface area (Å²) in [4.78, 5) is 6.61. The number of aromatic nitrogens is 2. The van der Waals surface area contributed by atoms with Gasteiger partial charge in [0.2, 0.25) is 0 Å². The van der Waals surface area contributed by atoms with Gasteiger partial charge in [0, 0.05) is 34.8 Å². The Kier molecular flexibility index (Phi) is 5.58. The van der Waals surface area contributed by atoms with Gasteiger partial charge in [0.15, 0.2) is 5.11 Å². The molecule has 5 nitrogen and oxygen atoms in total. The van der Waals surface area contributed by atoms with E-state index in [9.17, 15) is 5.11 Å². The lowest BCUT2D eigenvalue weighted by Gasteiger charge is -2.27. The van der Waals surface area contributed by atoms with Crippen LogP contribution in [0, 0.1) is 13.8 Å². The summed E-state index contributed by atoms with van der Waals surface area (Å²) in [6, 6.07) is 15.8. The van der Waals surface area contributed by atoms with Gasteiger partial charge in [-0.25, -0.2) is 0 Å². The van der Waals surface area contributed by atoms with E-state index in [4.69, 9.17) is 23.8 Å². The number of hydrogen-bond acceptors (Lipinski definition) is 3.